The number of rotatable bonds is 5. The van der Waals surface area contributed by atoms with Crippen molar-refractivity contribution in [3.05, 3.63) is 28.8 Å². The minimum atomic E-state index is 0.286. The van der Waals surface area contributed by atoms with Crippen LogP contribution in [0.2, 0.25) is 0 Å². The van der Waals surface area contributed by atoms with Gasteiger partial charge in [0.1, 0.15) is 5.75 Å². The van der Waals surface area contributed by atoms with Crippen molar-refractivity contribution in [1.82, 2.24) is 0 Å². The van der Waals surface area contributed by atoms with Gasteiger partial charge < -0.3 is 9.84 Å². The molecule has 0 amide bonds. The fourth-order valence-electron chi connectivity index (χ4n) is 1.77. The van der Waals surface area contributed by atoms with E-state index in [1.165, 1.54) is 16.7 Å². The average molecular weight is 208 g/mol. The van der Waals surface area contributed by atoms with E-state index in [0.29, 0.717) is 0 Å². The number of aliphatic hydroxyl groups excluding tert-OH is 1. The molecule has 0 fully saturated rings. The summed E-state index contributed by atoms with van der Waals surface area (Å²) >= 11 is 0. The quantitative estimate of drug-likeness (QED) is 0.754. The summed E-state index contributed by atoms with van der Waals surface area (Å²) in [7, 11) is 1.70. The van der Waals surface area contributed by atoms with Gasteiger partial charge in [0, 0.05) is 6.61 Å². The third kappa shape index (κ3) is 3.24. The van der Waals surface area contributed by atoms with E-state index in [0.717, 1.165) is 25.0 Å². The second-order valence-corrected chi connectivity index (χ2v) is 3.93. The SMILES string of the molecule is COc1cc(C)c(CCCCO)cc1C. The molecule has 1 N–H and O–H groups in total. The molecule has 0 atom stereocenters. The molecule has 0 aliphatic heterocycles. The summed E-state index contributed by atoms with van der Waals surface area (Å²) in [6, 6.07) is 4.27. The molecule has 1 rings (SSSR count). The van der Waals surface area contributed by atoms with E-state index < -0.39 is 0 Å². The minimum absolute atomic E-state index is 0.286. The van der Waals surface area contributed by atoms with Crippen molar-refractivity contribution < 1.29 is 9.84 Å². The van der Waals surface area contributed by atoms with Gasteiger partial charge in [0.2, 0.25) is 0 Å². The molecule has 0 radical (unpaired) electrons. The maximum atomic E-state index is 8.73. The van der Waals surface area contributed by atoms with Crippen molar-refractivity contribution in [3.8, 4) is 5.75 Å². The Morgan fingerprint density at radius 3 is 2.47 bits per heavy atom. The summed E-state index contributed by atoms with van der Waals surface area (Å²) in [6.45, 7) is 4.46. The minimum Gasteiger partial charge on any atom is -0.496 e. The van der Waals surface area contributed by atoms with E-state index in [9.17, 15) is 0 Å². The van der Waals surface area contributed by atoms with Crippen LogP contribution in [0.25, 0.3) is 0 Å². The Labute approximate surface area is 91.9 Å². The number of ether oxygens (including phenoxy) is 1. The fourth-order valence-corrected chi connectivity index (χ4v) is 1.77. The lowest BCUT2D eigenvalue weighted by Crippen LogP contribution is -1.95. The highest BCUT2D eigenvalue weighted by atomic mass is 16.5. The van der Waals surface area contributed by atoms with Crippen molar-refractivity contribution in [3.63, 3.8) is 0 Å². The van der Waals surface area contributed by atoms with Crippen LogP contribution in [0.5, 0.6) is 5.75 Å². The van der Waals surface area contributed by atoms with Crippen LogP contribution in [-0.2, 0) is 6.42 Å². The molecule has 0 heterocycles. The van der Waals surface area contributed by atoms with Crippen LogP contribution >= 0.6 is 0 Å². The van der Waals surface area contributed by atoms with E-state index in [-0.39, 0.29) is 6.61 Å². The molecule has 15 heavy (non-hydrogen) atoms. The van der Waals surface area contributed by atoms with Crippen LogP contribution < -0.4 is 4.74 Å². The van der Waals surface area contributed by atoms with Crippen molar-refractivity contribution in [2.75, 3.05) is 13.7 Å². The lowest BCUT2D eigenvalue weighted by Gasteiger charge is -2.11. The van der Waals surface area contributed by atoms with Gasteiger partial charge in [-0.25, -0.2) is 0 Å². The molecular weight excluding hydrogens is 188 g/mol. The maximum absolute atomic E-state index is 8.73. The molecule has 84 valence electrons. The normalized spacial score (nSPS) is 10.4. The highest BCUT2D eigenvalue weighted by Gasteiger charge is 2.04. The standard InChI is InChI=1S/C13H20O2/c1-10-9-13(15-3)11(2)8-12(10)6-4-5-7-14/h8-9,14H,4-7H2,1-3H3. The summed E-state index contributed by atoms with van der Waals surface area (Å²) in [5.41, 5.74) is 3.82. The smallest absolute Gasteiger partial charge is 0.122 e. The zero-order valence-electron chi connectivity index (χ0n) is 9.84. The van der Waals surface area contributed by atoms with Crippen LogP contribution in [0.4, 0.5) is 0 Å². The first-order valence-corrected chi connectivity index (χ1v) is 5.44. The lowest BCUT2D eigenvalue weighted by molar-refractivity contribution is 0.284. The van der Waals surface area contributed by atoms with E-state index in [1.807, 2.05) is 0 Å². The van der Waals surface area contributed by atoms with Gasteiger partial charge in [-0.1, -0.05) is 6.07 Å². The number of hydrogen-bond donors (Lipinski definition) is 1. The Balaban J connectivity index is 2.76. The first-order valence-electron chi connectivity index (χ1n) is 5.44. The summed E-state index contributed by atoms with van der Waals surface area (Å²) in [4.78, 5) is 0. The Morgan fingerprint density at radius 1 is 1.13 bits per heavy atom. The monoisotopic (exact) mass is 208 g/mol. The third-order valence-electron chi connectivity index (χ3n) is 2.71. The number of aryl methyl sites for hydroxylation is 3. The average Bonchev–Trinajstić information content (AvgIpc) is 2.23. The van der Waals surface area contributed by atoms with Crippen LogP contribution in [0.1, 0.15) is 29.5 Å². The summed E-state index contributed by atoms with van der Waals surface area (Å²) in [5.74, 6) is 0.957. The molecule has 0 aliphatic rings. The van der Waals surface area contributed by atoms with Gasteiger partial charge in [-0.3, -0.25) is 0 Å². The van der Waals surface area contributed by atoms with Crippen LogP contribution in [0, 0.1) is 13.8 Å². The lowest BCUT2D eigenvalue weighted by atomic mass is 10.00. The summed E-state index contributed by atoms with van der Waals surface area (Å²) in [6.07, 6.45) is 2.96. The number of aliphatic hydroxyl groups is 1. The summed E-state index contributed by atoms with van der Waals surface area (Å²) in [5, 5.41) is 8.73. The fraction of sp³-hybridized carbons (Fsp3) is 0.538. The molecule has 1 aromatic rings. The molecule has 0 saturated heterocycles. The molecule has 2 nitrogen and oxygen atoms in total. The van der Waals surface area contributed by atoms with Gasteiger partial charge in [0.05, 0.1) is 7.11 Å². The largest absolute Gasteiger partial charge is 0.496 e. The van der Waals surface area contributed by atoms with E-state index in [4.69, 9.17) is 9.84 Å². The molecular formula is C13H20O2. The zero-order valence-corrected chi connectivity index (χ0v) is 9.84. The van der Waals surface area contributed by atoms with Crippen LogP contribution in [0.15, 0.2) is 12.1 Å². The van der Waals surface area contributed by atoms with Crippen LogP contribution in [-0.4, -0.2) is 18.8 Å². The Morgan fingerprint density at radius 2 is 1.87 bits per heavy atom. The molecule has 1 aromatic carbocycles. The Hall–Kier alpha value is -1.02. The number of benzene rings is 1. The van der Waals surface area contributed by atoms with Crippen molar-refractivity contribution in [2.45, 2.75) is 33.1 Å². The number of methoxy groups -OCH3 is 1. The maximum Gasteiger partial charge on any atom is 0.122 e. The molecule has 0 aromatic heterocycles. The summed E-state index contributed by atoms with van der Waals surface area (Å²) < 4.78 is 5.27. The van der Waals surface area contributed by atoms with Crippen molar-refractivity contribution in [1.29, 1.82) is 0 Å². The third-order valence-corrected chi connectivity index (χ3v) is 2.71. The molecule has 0 unspecified atom stereocenters. The van der Waals surface area contributed by atoms with Gasteiger partial charge in [-0.2, -0.15) is 0 Å². The van der Waals surface area contributed by atoms with E-state index in [1.54, 1.807) is 7.11 Å². The zero-order chi connectivity index (χ0) is 11.3. The molecule has 0 saturated carbocycles. The number of unbranched alkanes of at least 4 members (excludes halogenated alkanes) is 1. The number of hydrogen-bond acceptors (Lipinski definition) is 2. The predicted molar refractivity (Wildman–Crippen MR) is 62.5 cm³/mol. The predicted octanol–water partition coefficient (Wildman–Crippen LogP) is 2.63. The first-order chi connectivity index (χ1) is 7.19. The van der Waals surface area contributed by atoms with Gasteiger partial charge in [-0.15, -0.1) is 0 Å². The van der Waals surface area contributed by atoms with Gasteiger partial charge in [-0.05, 0) is 55.9 Å². The molecule has 0 aliphatic carbocycles. The molecule has 2 heteroatoms. The first kappa shape index (κ1) is 12.1. The molecule has 0 bridgehead atoms. The Bertz CT molecular complexity index is 319. The second-order valence-electron chi connectivity index (χ2n) is 3.93. The topological polar surface area (TPSA) is 29.5 Å². The van der Waals surface area contributed by atoms with E-state index in [2.05, 4.69) is 26.0 Å². The highest BCUT2D eigenvalue weighted by molar-refractivity contribution is 5.41. The molecule has 0 spiro atoms. The van der Waals surface area contributed by atoms with E-state index >= 15 is 0 Å². The van der Waals surface area contributed by atoms with Gasteiger partial charge in [0.15, 0.2) is 0 Å². The van der Waals surface area contributed by atoms with Crippen molar-refractivity contribution in [2.24, 2.45) is 0 Å². The highest BCUT2D eigenvalue weighted by Crippen LogP contribution is 2.23. The van der Waals surface area contributed by atoms with Gasteiger partial charge in [0.25, 0.3) is 0 Å². The Kier molecular flexibility index (Phi) is 4.63. The van der Waals surface area contributed by atoms with Gasteiger partial charge >= 0.3 is 0 Å². The van der Waals surface area contributed by atoms with Crippen molar-refractivity contribution >= 4 is 0 Å². The van der Waals surface area contributed by atoms with Crippen LogP contribution in [0.3, 0.4) is 0 Å². The second kappa shape index (κ2) is 5.76.